The molecule has 2 amide bonds. The molecule has 0 saturated heterocycles. The number of rotatable bonds is 10. The summed E-state index contributed by atoms with van der Waals surface area (Å²) in [5.74, 6) is -0.941. The predicted molar refractivity (Wildman–Crippen MR) is 161 cm³/mol. The van der Waals surface area contributed by atoms with E-state index in [1.807, 2.05) is 20.8 Å². The Balaban J connectivity index is 2.07. The van der Waals surface area contributed by atoms with Crippen LogP contribution in [0.4, 0.5) is 5.69 Å². The molecule has 0 aliphatic carbocycles. The van der Waals surface area contributed by atoms with Crippen LogP contribution in [0.2, 0.25) is 15.1 Å². The van der Waals surface area contributed by atoms with Gasteiger partial charge >= 0.3 is 0 Å². The Labute approximate surface area is 251 Å². The molecule has 0 aromatic heterocycles. The topological polar surface area (TPSA) is 86.8 Å². The van der Waals surface area contributed by atoms with Gasteiger partial charge in [-0.2, -0.15) is 0 Å². The van der Waals surface area contributed by atoms with Gasteiger partial charge in [0.1, 0.15) is 12.6 Å². The fourth-order valence-electron chi connectivity index (χ4n) is 4.06. The number of sulfonamides is 1. The molecule has 0 heterocycles. The van der Waals surface area contributed by atoms with Crippen LogP contribution in [-0.2, 0) is 26.2 Å². The van der Waals surface area contributed by atoms with Crippen LogP contribution in [0.5, 0.6) is 0 Å². The lowest BCUT2D eigenvalue weighted by Gasteiger charge is -2.35. The Morgan fingerprint density at radius 2 is 1.50 bits per heavy atom. The van der Waals surface area contributed by atoms with Gasteiger partial charge in [-0.15, -0.1) is 0 Å². The number of nitrogens with one attached hydrogen (secondary N) is 1. The van der Waals surface area contributed by atoms with Gasteiger partial charge in [0.15, 0.2) is 0 Å². The van der Waals surface area contributed by atoms with Crippen molar-refractivity contribution in [1.82, 2.24) is 10.2 Å². The number of carbonyl (C=O) groups is 2. The minimum Gasteiger partial charge on any atom is -0.350 e. The first-order chi connectivity index (χ1) is 18.7. The van der Waals surface area contributed by atoms with E-state index in [-0.39, 0.29) is 23.8 Å². The van der Waals surface area contributed by atoms with Crippen molar-refractivity contribution < 1.29 is 18.0 Å². The number of anilines is 1. The molecule has 7 nitrogen and oxygen atoms in total. The number of para-hydroxylation sites is 1. The van der Waals surface area contributed by atoms with Crippen molar-refractivity contribution in [1.29, 1.82) is 0 Å². The van der Waals surface area contributed by atoms with Crippen LogP contribution < -0.4 is 9.62 Å². The highest BCUT2D eigenvalue weighted by atomic mass is 35.5. The van der Waals surface area contributed by atoms with E-state index in [4.69, 9.17) is 34.8 Å². The minimum absolute atomic E-state index is 0.0293. The van der Waals surface area contributed by atoms with Gasteiger partial charge < -0.3 is 10.2 Å². The zero-order valence-corrected chi connectivity index (χ0v) is 25.8. The third-order valence-electron chi connectivity index (χ3n) is 5.96. The quantitative estimate of drug-likeness (QED) is 0.277. The first-order valence-corrected chi connectivity index (χ1v) is 15.2. The maximum absolute atomic E-state index is 14.1. The number of halogens is 3. The van der Waals surface area contributed by atoms with Crippen molar-refractivity contribution in [3.63, 3.8) is 0 Å². The van der Waals surface area contributed by atoms with E-state index >= 15 is 0 Å². The Hall–Kier alpha value is -2.78. The Morgan fingerprint density at radius 1 is 0.900 bits per heavy atom. The lowest BCUT2D eigenvalue weighted by molar-refractivity contribution is -0.141. The van der Waals surface area contributed by atoms with Gasteiger partial charge in [-0.3, -0.25) is 13.9 Å². The summed E-state index contributed by atoms with van der Waals surface area (Å²) in [7, 11) is -4.18. The average molecular weight is 625 g/mol. The van der Waals surface area contributed by atoms with E-state index in [1.54, 1.807) is 55.5 Å². The number of amides is 2. The Bertz CT molecular complexity index is 1440. The fourth-order valence-corrected chi connectivity index (χ4v) is 6.07. The summed E-state index contributed by atoms with van der Waals surface area (Å²) >= 11 is 18.5. The van der Waals surface area contributed by atoms with Crippen molar-refractivity contribution in [3.8, 4) is 0 Å². The van der Waals surface area contributed by atoms with Crippen LogP contribution in [0.25, 0.3) is 0 Å². The number of nitrogens with zero attached hydrogens (tertiary/aromatic N) is 2. The van der Waals surface area contributed by atoms with Crippen LogP contribution >= 0.6 is 34.8 Å². The van der Waals surface area contributed by atoms with E-state index in [2.05, 4.69) is 5.32 Å². The zero-order chi connectivity index (χ0) is 29.7. The highest BCUT2D eigenvalue weighted by Gasteiger charge is 2.34. The second-order valence-electron chi connectivity index (χ2n) is 10.2. The smallest absolute Gasteiger partial charge is 0.264 e. The average Bonchev–Trinajstić information content (AvgIpc) is 2.88. The van der Waals surface area contributed by atoms with Gasteiger partial charge in [0.05, 0.1) is 10.6 Å². The van der Waals surface area contributed by atoms with Crippen LogP contribution in [0.15, 0.2) is 77.7 Å². The molecule has 0 radical (unpaired) electrons. The summed E-state index contributed by atoms with van der Waals surface area (Å²) < 4.78 is 28.7. The molecule has 0 spiro atoms. The minimum atomic E-state index is -4.18. The summed E-state index contributed by atoms with van der Waals surface area (Å²) in [6, 6.07) is 18.0. The maximum Gasteiger partial charge on any atom is 0.264 e. The van der Waals surface area contributed by atoms with Gasteiger partial charge in [0.25, 0.3) is 10.0 Å². The second-order valence-corrected chi connectivity index (χ2v) is 13.4. The third-order valence-corrected chi connectivity index (χ3v) is 8.59. The largest absolute Gasteiger partial charge is 0.350 e. The van der Waals surface area contributed by atoms with Gasteiger partial charge in [0.2, 0.25) is 11.8 Å². The summed E-state index contributed by atoms with van der Waals surface area (Å²) in [6.07, 6.45) is 0.286. The lowest BCUT2D eigenvalue weighted by atomic mass is 10.1. The normalized spacial score (nSPS) is 12.5. The van der Waals surface area contributed by atoms with Crippen LogP contribution in [-0.4, -0.2) is 43.3 Å². The number of carbonyl (C=O) groups excluding carboxylic acids is 2. The molecule has 0 bridgehead atoms. The lowest BCUT2D eigenvalue weighted by Crippen LogP contribution is -2.55. The molecule has 0 aliphatic rings. The number of hydrogen-bond donors (Lipinski definition) is 1. The van der Waals surface area contributed by atoms with Crippen molar-refractivity contribution in [2.45, 2.75) is 57.1 Å². The molecular weight excluding hydrogens is 593 g/mol. The van der Waals surface area contributed by atoms with Gasteiger partial charge in [-0.1, -0.05) is 66.0 Å². The molecule has 1 atom stereocenters. The molecule has 3 rings (SSSR count). The molecule has 1 unspecified atom stereocenters. The van der Waals surface area contributed by atoms with E-state index in [1.165, 1.54) is 29.2 Å². The number of benzene rings is 3. The molecule has 0 aliphatic heterocycles. The molecule has 214 valence electrons. The van der Waals surface area contributed by atoms with Crippen molar-refractivity contribution in [2.75, 3.05) is 10.8 Å². The Kier molecular flexibility index (Phi) is 10.5. The maximum atomic E-state index is 14.1. The van der Waals surface area contributed by atoms with Gasteiger partial charge in [-0.05, 0) is 81.3 Å². The highest BCUT2D eigenvalue weighted by Crippen LogP contribution is 2.27. The molecular formula is C29H32Cl3N3O4S. The predicted octanol–water partition coefficient (Wildman–Crippen LogP) is 6.56. The summed E-state index contributed by atoms with van der Waals surface area (Å²) in [4.78, 5) is 28.8. The summed E-state index contributed by atoms with van der Waals surface area (Å²) in [5.41, 5.74) is 0.307. The standard InChI is InChI=1S/C29H32Cl3N3O4S/c1-5-26(28(37)33-29(2,3)4)34(18-20-11-12-22(31)17-25(20)32)27(36)19-35(23-9-7-6-8-10-23)40(38,39)24-15-13-21(30)14-16-24/h6-17,26H,5,18-19H2,1-4H3,(H,33,37). The van der Waals surface area contributed by atoms with Crippen LogP contribution in [0, 0.1) is 0 Å². The monoisotopic (exact) mass is 623 g/mol. The summed E-state index contributed by atoms with van der Waals surface area (Å²) in [5, 5.41) is 4.06. The fraction of sp³-hybridized carbons (Fsp3) is 0.310. The van der Waals surface area contributed by atoms with Gasteiger partial charge in [-0.25, -0.2) is 8.42 Å². The van der Waals surface area contributed by atoms with Crippen molar-refractivity contribution >= 4 is 62.3 Å². The molecule has 11 heteroatoms. The third kappa shape index (κ3) is 8.13. The molecule has 0 saturated carbocycles. The van der Waals surface area contributed by atoms with E-state index < -0.39 is 34.1 Å². The van der Waals surface area contributed by atoms with Crippen molar-refractivity contribution in [3.05, 3.63) is 93.4 Å². The number of hydrogen-bond acceptors (Lipinski definition) is 4. The zero-order valence-electron chi connectivity index (χ0n) is 22.7. The molecule has 1 N–H and O–H groups in total. The Morgan fingerprint density at radius 3 is 2.05 bits per heavy atom. The molecule has 40 heavy (non-hydrogen) atoms. The van der Waals surface area contributed by atoms with E-state index in [0.29, 0.717) is 26.3 Å². The van der Waals surface area contributed by atoms with E-state index in [9.17, 15) is 18.0 Å². The SMILES string of the molecule is CCC(C(=O)NC(C)(C)C)N(Cc1ccc(Cl)cc1Cl)C(=O)CN(c1ccccc1)S(=O)(=O)c1ccc(Cl)cc1. The first kappa shape index (κ1) is 31.7. The van der Waals surface area contributed by atoms with Crippen molar-refractivity contribution in [2.24, 2.45) is 0 Å². The van der Waals surface area contributed by atoms with Crippen LogP contribution in [0.1, 0.15) is 39.7 Å². The second kappa shape index (κ2) is 13.3. The molecule has 3 aromatic rings. The van der Waals surface area contributed by atoms with E-state index in [0.717, 1.165) is 4.31 Å². The highest BCUT2D eigenvalue weighted by molar-refractivity contribution is 7.92. The molecule has 3 aromatic carbocycles. The molecule has 0 fully saturated rings. The summed E-state index contributed by atoms with van der Waals surface area (Å²) in [6.45, 7) is 6.73. The van der Waals surface area contributed by atoms with Gasteiger partial charge in [0, 0.05) is 27.2 Å². The first-order valence-electron chi connectivity index (χ1n) is 12.6. The van der Waals surface area contributed by atoms with Crippen LogP contribution in [0.3, 0.4) is 0 Å².